The molecule has 0 saturated carbocycles. The van der Waals surface area contributed by atoms with E-state index < -0.39 is 18.3 Å². The van der Waals surface area contributed by atoms with Crippen molar-refractivity contribution in [1.29, 1.82) is 0 Å². The molecule has 146 valence electrons. The fourth-order valence-corrected chi connectivity index (χ4v) is 3.63. The van der Waals surface area contributed by atoms with Gasteiger partial charge in [0.05, 0.1) is 12.7 Å². The molecule has 3 atom stereocenters. The van der Waals surface area contributed by atoms with Crippen LogP contribution in [0.2, 0.25) is 0 Å². The van der Waals surface area contributed by atoms with Gasteiger partial charge in [0, 0.05) is 11.2 Å². The summed E-state index contributed by atoms with van der Waals surface area (Å²) < 4.78 is 5.65. The van der Waals surface area contributed by atoms with Gasteiger partial charge in [0.15, 0.2) is 5.12 Å². The number of hydrogen-bond acceptors (Lipinski definition) is 5. The monoisotopic (exact) mass is 388 g/mol. The van der Waals surface area contributed by atoms with Gasteiger partial charge in [0.1, 0.15) is 12.2 Å². The maximum atomic E-state index is 12.3. The zero-order valence-corrected chi connectivity index (χ0v) is 16.9. The van der Waals surface area contributed by atoms with E-state index in [4.69, 9.17) is 4.74 Å². The normalized spacial score (nSPS) is 15.1. The van der Waals surface area contributed by atoms with Crippen LogP contribution in [0.25, 0.3) is 0 Å². The molecule has 0 unspecified atom stereocenters. The second-order valence-electron chi connectivity index (χ2n) is 7.47. The minimum Gasteiger partial charge on any atom is -0.390 e. The summed E-state index contributed by atoms with van der Waals surface area (Å²) in [5.74, 6) is 0. The minimum atomic E-state index is -1.11. The lowest BCUT2D eigenvalue weighted by Crippen LogP contribution is -2.36. The quantitative estimate of drug-likeness (QED) is 0.712. The van der Waals surface area contributed by atoms with Gasteiger partial charge in [-0.05, 0) is 11.1 Å². The highest BCUT2D eigenvalue weighted by Gasteiger charge is 2.31. The van der Waals surface area contributed by atoms with E-state index in [1.807, 2.05) is 69.3 Å². The third-order valence-corrected chi connectivity index (χ3v) is 4.92. The fraction of sp³-hybridized carbons (Fsp3) is 0.409. The van der Waals surface area contributed by atoms with Crippen LogP contribution in [0.5, 0.6) is 0 Å². The van der Waals surface area contributed by atoms with Crippen LogP contribution < -0.4 is 0 Å². The van der Waals surface area contributed by atoms with Crippen molar-refractivity contribution in [3.63, 3.8) is 0 Å². The Balaban J connectivity index is 2.11. The number of hydrogen-bond donors (Lipinski definition) is 2. The van der Waals surface area contributed by atoms with Gasteiger partial charge in [0.2, 0.25) is 0 Å². The number of thioether (sulfide) groups is 1. The second kappa shape index (κ2) is 10.0. The first-order chi connectivity index (χ1) is 12.8. The Labute approximate surface area is 165 Å². The molecule has 0 aliphatic rings. The fourth-order valence-electron chi connectivity index (χ4n) is 2.69. The number of carbonyl (C=O) groups is 1. The van der Waals surface area contributed by atoms with Crippen molar-refractivity contribution >= 4 is 16.9 Å². The molecule has 0 heterocycles. The van der Waals surface area contributed by atoms with Crippen molar-refractivity contribution in [2.45, 2.75) is 56.9 Å². The van der Waals surface area contributed by atoms with Gasteiger partial charge in [-0.1, -0.05) is 93.2 Å². The van der Waals surface area contributed by atoms with Crippen LogP contribution in [0, 0.1) is 0 Å². The van der Waals surface area contributed by atoms with Crippen LogP contribution in [0.1, 0.15) is 44.4 Å². The molecule has 0 fully saturated rings. The van der Waals surface area contributed by atoms with E-state index in [9.17, 15) is 15.0 Å². The number of ether oxygens (including phenoxy) is 1. The predicted molar refractivity (Wildman–Crippen MR) is 109 cm³/mol. The van der Waals surface area contributed by atoms with E-state index in [2.05, 4.69) is 0 Å². The average Bonchev–Trinajstić information content (AvgIpc) is 2.61. The van der Waals surface area contributed by atoms with Crippen molar-refractivity contribution in [2.75, 3.05) is 0 Å². The molecule has 2 rings (SSSR count). The molecular weight excluding hydrogens is 360 g/mol. The summed E-state index contributed by atoms with van der Waals surface area (Å²) >= 11 is 1.19. The lowest BCUT2D eigenvalue weighted by Gasteiger charge is -2.28. The van der Waals surface area contributed by atoms with Crippen LogP contribution in [-0.2, 0) is 16.1 Å². The number of benzene rings is 2. The number of rotatable bonds is 8. The first kappa shape index (κ1) is 21.6. The lowest BCUT2D eigenvalue weighted by molar-refractivity contribution is -0.126. The van der Waals surface area contributed by atoms with Gasteiger partial charge in [-0.15, -0.1) is 0 Å². The highest BCUT2D eigenvalue weighted by Crippen LogP contribution is 2.29. The third kappa shape index (κ3) is 7.46. The molecule has 0 radical (unpaired) electrons. The van der Waals surface area contributed by atoms with Gasteiger partial charge in [-0.25, -0.2) is 0 Å². The van der Waals surface area contributed by atoms with E-state index in [1.165, 1.54) is 11.8 Å². The molecule has 27 heavy (non-hydrogen) atoms. The average molecular weight is 389 g/mol. The lowest BCUT2D eigenvalue weighted by atomic mass is 9.98. The highest BCUT2D eigenvalue weighted by atomic mass is 32.2. The van der Waals surface area contributed by atoms with Crippen LogP contribution in [-0.4, -0.2) is 32.3 Å². The zero-order valence-electron chi connectivity index (χ0n) is 16.0. The van der Waals surface area contributed by atoms with E-state index in [-0.39, 0.29) is 22.9 Å². The topological polar surface area (TPSA) is 66.8 Å². The molecule has 0 aliphatic heterocycles. The largest absolute Gasteiger partial charge is 0.390 e. The Kier molecular flexibility index (Phi) is 8.05. The summed E-state index contributed by atoms with van der Waals surface area (Å²) in [7, 11) is 0. The van der Waals surface area contributed by atoms with E-state index in [0.717, 1.165) is 5.56 Å². The summed E-state index contributed by atoms with van der Waals surface area (Å²) in [5.41, 5.74) is 1.58. The molecule has 4 nitrogen and oxygen atoms in total. The highest BCUT2D eigenvalue weighted by molar-refractivity contribution is 8.14. The molecule has 2 aromatic carbocycles. The standard InChI is InChI=1S/C22H28O4S/c1-22(2,3)27-19(24)14-18(23)21(20(25)17-12-8-5-9-13-17)26-15-16-10-6-4-7-11-16/h4-13,18,20-21,23,25H,14-15H2,1-3H3/t18-,20-,21+/m1/s1. The SMILES string of the molecule is CC(C)(C)SC(=O)C[C@@H](O)[C@H](OCc1ccccc1)[C@H](O)c1ccccc1. The van der Waals surface area contributed by atoms with Crippen LogP contribution in [0.4, 0.5) is 0 Å². The molecule has 0 aromatic heterocycles. The van der Waals surface area contributed by atoms with Crippen molar-refractivity contribution in [3.8, 4) is 0 Å². The Hall–Kier alpha value is -1.66. The number of aliphatic hydroxyl groups is 2. The van der Waals surface area contributed by atoms with E-state index in [1.54, 1.807) is 12.1 Å². The summed E-state index contributed by atoms with van der Waals surface area (Å²) in [4.78, 5) is 12.3. The Morgan fingerprint density at radius 3 is 2.11 bits per heavy atom. The maximum absolute atomic E-state index is 12.3. The number of aliphatic hydroxyl groups excluding tert-OH is 2. The molecule has 0 aliphatic carbocycles. The molecule has 2 aromatic rings. The minimum absolute atomic E-state index is 0.0781. The number of carbonyl (C=O) groups excluding carboxylic acids is 1. The molecule has 0 bridgehead atoms. The van der Waals surface area contributed by atoms with Crippen LogP contribution in [0.3, 0.4) is 0 Å². The Morgan fingerprint density at radius 1 is 1.00 bits per heavy atom. The van der Waals surface area contributed by atoms with Crippen molar-refractivity contribution in [1.82, 2.24) is 0 Å². The van der Waals surface area contributed by atoms with Crippen LogP contribution in [0.15, 0.2) is 60.7 Å². The van der Waals surface area contributed by atoms with Gasteiger partial charge >= 0.3 is 0 Å². The summed E-state index contributed by atoms with van der Waals surface area (Å²) in [5, 5.41) is 21.3. The van der Waals surface area contributed by atoms with Crippen molar-refractivity contribution in [2.24, 2.45) is 0 Å². The summed E-state index contributed by atoms with van der Waals surface area (Å²) in [6.45, 7) is 6.09. The molecule has 0 spiro atoms. The van der Waals surface area contributed by atoms with Crippen molar-refractivity contribution in [3.05, 3.63) is 71.8 Å². The molecule has 0 amide bonds. The van der Waals surface area contributed by atoms with Crippen LogP contribution >= 0.6 is 11.8 Å². The second-order valence-corrected chi connectivity index (χ2v) is 9.36. The van der Waals surface area contributed by atoms with Gasteiger partial charge in [0.25, 0.3) is 0 Å². The van der Waals surface area contributed by atoms with Crippen molar-refractivity contribution < 1.29 is 19.7 Å². The van der Waals surface area contributed by atoms with E-state index in [0.29, 0.717) is 5.56 Å². The molecule has 0 saturated heterocycles. The van der Waals surface area contributed by atoms with Gasteiger partial charge in [-0.3, -0.25) is 4.79 Å². The first-order valence-corrected chi connectivity index (χ1v) is 9.86. The third-order valence-electron chi connectivity index (χ3n) is 3.91. The van der Waals surface area contributed by atoms with Gasteiger partial charge < -0.3 is 14.9 Å². The Bertz CT molecular complexity index is 697. The smallest absolute Gasteiger partial charge is 0.192 e. The molecular formula is C22H28O4S. The molecule has 2 N–H and O–H groups in total. The maximum Gasteiger partial charge on any atom is 0.192 e. The predicted octanol–water partition coefficient (Wildman–Crippen LogP) is 4.11. The summed E-state index contributed by atoms with van der Waals surface area (Å²) in [6, 6.07) is 18.6. The zero-order chi connectivity index (χ0) is 19.9. The summed E-state index contributed by atoms with van der Waals surface area (Å²) in [6.07, 6.45) is -3.12. The Morgan fingerprint density at radius 2 is 1.56 bits per heavy atom. The first-order valence-electron chi connectivity index (χ1n) is 9.05. The van der Waals surface area contributed by atoms with E-state index >= 15 is 0 Å². The van der Waals surface area contributed by atoms with Gasteiger partial charge in [-0.2, -0.15) is 0 Å². The molecule has 5 heteroatoms.